The maximum absolute atomic E-state index is 9.71. The molecule has 0 fully saturated rings. The number of hydrogen-bond donors (Lipinski definition) is 3. The summed E-state index contributed by atoms with van der Waals surface area (Å²) in [6.07, 6.45) is 4.78. The molecule has 3 N–H and O–H groups in total. The average molecular weight is 439 g/mol. The standard InChI is InChI=1S/C15H27Cl3N3O3.ClH/c16-6-13(22)9-20(10-14(23)7-17)3-1-2-19-4-5-21(12-19)11-15(24)8-18;/h4-5,12-15,22-24H,1-3,6-11H2;1H/q+1;/p-1. The lowest BCUT2D eigenvalue weighted by Crippen LogP contribution is -3.00. The van der Waals surface area contributed by atoms with E-state index in [1.807, 2.05) is 32.8 Å². The van der Waals surface area contributed by atoms with Gasteiger partial charge in [-0.3, -0.25) is 4.90 Å². The number of imidazole rings is 1. The van der Waals surface area contributed by atoms with E-state index in [1.165, 1.54) is 0 Å². The summed E-state index contributed by atoms with van der Waals surface area (Å²) < 4.78 is 3.91. The first kappa shape index (κ1) is 25.2. The third-order valence-corrected chi connectivity index (χ3v) is 4.60. The number of aromatic nitrogens is 2. The Morgan fingerprint density at radius 3 is 2.04 bits per heavy atom. The van der Waals surface area contributed by atoms with Crippen molar-refractivity contribution in [1.29, 1.82) is 0 Å². The van der Waals surface area contributed by atoms with Gasteiger partial charge in [-0.05, 0) is 6.42 Å². The van der Waals surface area contributed by atoms with Gasteiger partial charge in [-0.25, -0.2) is 9.13 Å². The summed E-state index contributed by atoms with van der Waals surface area (Å²) in [5.74, 6) is 0.529. The molecule has 1 aromatic rings. The van der Waals surface area contributed by atoms with Crippen molar-refractivity contribution in [3.05, 3.63) is 18.7 Å². The second-order valence-corrected chi connectivity index (χ2v) is 6.81. The Kier molecular flexibility index (Phi) is 14.4. The number of nitrogens with zero attached hydrogens (tertiary/aromatic N) is 3. The maximum atomic E-state index is 9.71. The third-order valence-electron chi connectivity index (χ3n) is 3.53. The largest absolute Gasteiger partial charge is 1.00 e. The Labute approximate surface area is 170 Å². The van der Waals surface area contributed by atoms with Crippen LogP contribution in [0.2, 0.25) is 0 Å². The van der Waals surface area contributed by atoms with Crippen molar-refractivity contribution in [2.24, 2.45) is 0 Å². The SMILES string of the molecule is OC(CCl)CN(CCCn1cc[n+](CC(O)CCl)c1)CC(O)CCl.[Cl-]. The van der Waals surface area contributed by atoms with Crippen LogP contribution in [0.5, 0.6) is 0 Å². The monoisotopic (exact) mass is 437 g/mol. The van der Waals surface area contributed by atoms with E-state index in [9.17, 15) is 15.3 Å². The molecule has 1 aromatic heterocycles. The van der Waals surface area contributed by atoms with Crippen molar-refractivity contribution in [1.82, 2.24) is 9.47 Å². The fourth-order valence-corrected chi connectivity index (χ4v) is 2.69. The molecule has 25 heavy (non-hydrogen) atoms. The predicted octanol–water partition coefficient (Wildman–Crippen LogP) is -2.73. The zero-order valence-electron chi connectivity index (χ0n) is 14.0. The Hall–Kier alpha value is 0.210. The minimum atomic E-state index is -0.625. The average Bonchev–Trinajstić information content (AvgIpc) is 3.01. The molecule has 0 aliphatic carbocycles. The van der Waals surface area contributed by atoms with Gasteiger partial charge in [0.25, 0.3) is 0 Å². The molecule has 0 radical (unpaired) electrons. The number of rotatable bonds is 13. The lowest BCUT2D eigenvalue weighted by atomic mass is 10.2. The Bertz CT molecular complexity index is 441. The van der Waals surface area contributed by atoms with Gasteiger partial charge in [0.15, 0.2) is 0 Å². The highest BCUT2D eigenvalue weighted by molar-refractivity contribution is 6.18. The van der Waals surface area contributed by atoms with E-state index in [4.69, 9.17) is 34.8 Å². The van der Waals surface area contributed by atoms with E-state index in [0.717, 1.165) is 13.0 Å². The third kappa shape index (κ3) is 10.8. The van der Waals surface area contributed by atoms with E-state index >= 15 is 0 Å². The molecule has 3 unspecified atom stereocenters. The number of alkyl halides is 3. The molecule has 0 aromatic carbocycles. The molecular weight excluding hydrogens is 412 g/mol. The molecule has 10 heteroatoms. The number of halogens is 4. The van der Waals surface area contributed by atoms with Crippen LogP contribution in [0.3, 0.4) is 0 Å². The van der Waals surface area contributed by atoms with Gasteiger partial charge < -0.3 is 27.7 Å². The second-order valence-electron chi connectivity index (χ2n) is 5.89. The first-order chi connectivity index (χ1) is 11.5. The molecule has 0 bridgehead atoms. The predicted molar refractivity (Wildman–Crippen MR) is 95.9 cm³/mol. The topological polar surface area (TPSA) is 72.7 Å². The minimum absolute atomic E-state index is 0. The van der Waals surface area contributed by atoms with Gasteiger partial charge in [0.2, 0.25) is 6.33 Å². The van der Waals surface area contributed by atoms with Gasteiger partial charge in [0.05, 0.1) is 24.6 Å². The molecule has 0 spiro atoms. The van der Waals surface area contributed by atoms with E-state index in [1.54, 1.807) is 0 Å². The number of aliphatic hydroxyl groups is 3. The van der Waals surface area contributed by atoms with Gasteiger partial charge in [0.1, 0.15) is 25.0 Å². The van der Waals surface area contributed by atoms with Crippen LogP contribution in [-0.2, 0) is 13.1 Å². The van der Waals surface area contributed by atoms with Crippen molar-refractivity contribution in [2.45, 2.75) is 37.8 Å². The van der Waals surface area contributed by atoms with Crippen LogP contribution in [0, 0.1) is 0 Å². The van der Waals surface area contributed by atoms with E-state index in [-0.39, 0.29) is 30.0 Å². The van der Waals surface area contributed by atoms with Crippen LogP contribution in [0.1, 0.15) is 6.42 Å². The molecular formula is C15H27Cl4N3O3. The van der Waals surface area contributed by atoms with Crippen molar-refractivity contribution < 1.29 is 32.3 Å². The molecule has 0 saturated carbocycles. The summed E-state index contributed by atoms with van der Waals surface area (Å²) in [4.78, 5) is 1.97. The van der Waals surface area contributed by atoms with Crippen molar-refractivity contribution in [2.75, 3.05) is 37.3 Å². The fraction of sp³-hybridized carbons (Fsp3) is 0.800. The van der Waals surface area contributed by atoms with Crippen LogP contribution in [0.4, 0.5) is 0 Å². The van der Waals surface area contributed by atoms with Crippen molar-refractivity contribution >= 4 is 34.8 Å². The normalized spacial score (nSPS) is 15.0. The molecule has 1 heterocycles. The van der Waals surface area contributed by atoms with E-state index < -0.39 is 18.3 Å². The lowest BCUT2D eigenvalue weighted by Gasteiger charge is -2.25. The Balaban J connectivity index is 0.00000576. The number of aryl methyl sites for hydroxylation is 1. The molecule has 6 nitrogen and oxygen atoms in total. The van der Waals surface area contributed by atoms with Crippen LogP contribution in [-0.4, -0.2) is 80.4 Å². The molecule has 1 rings (SSSR count). The summed E-state index contributed by atoms with van der Waals surface area (Å²) in [7, 11) is 0. The summed E-state index contributed by atoms with van der Waals surface area (Å²) in [5, 5.41) is 29.0. The van der Waals surface area contributed by atoms with Gasteiger partial charge in [-0.1, -0.05) is 0 Å². The Morgan fingerprint density at radius 2 is 1.52 bits per heavy atom. The van der Waals surface area contributed by atoms with Gasteiger partial charge >= 0.3 is 0 Å². The second kappa shape index (κ2) is 14.3. The smallest absolute Gasteiger partial charge is 0.243 e. The molecule has 148 valence electrons. The summed E-state index contributed by atoms with van der Waals surface area (Å²) in [6, 6.07) is 0. The van der Waals surface area contributed by atoms with Crippen LogP contribution < -0.4 is 17.0 Å². The Morgan fingerprint density at radius 1 is 0.960 bits per heavy atom. The highest BCUT2D eigenvalue weighted by atomic mass is 35.5. The van der Waals surface area contributed by atoms with Crippen LogP contribution >= 0.6 is 34.8 Å². The summed E-state index contributed by atoms with van der Waals surface area (Å²) >= 11 is 16.9. The summed E-state index contributed by atoms with van der Waals surface area (Å²) in [6.45, 7) is 2.78. The molecule has 0 amide bonds. The molecule has 0 aliphatic heterocycles. The van der Waals surface area contributed by atoms with E-state index in [2.05, 4.69) is 0 Å². The van der Waals surface area contributed by atoms with Crippen molar-refractivity contribution in [3.63, 3.8) is 0 Å². The lowest BCUT2D eigenvalue weighted by molar-refractivity contribution is -0.702. The quantitative estimate of drug-likeness (QED) is 0.231. The van der Waals surface area contributed by atoms with Gasteiger partial charge in [-0.15, -0.1) is 34.8 Å². The summed E-state index contributed by atoms with van der Waals surface area (Å²) in [5.41, 5.74) is 0. The van der Waals surface area contributed by atoms with Gasteiger partial charge in [-0.2, -0.15) is 0 Å². The fourth-order valence-electron chi connectivity index (χ4n) is 2.40. The highest BCUT2D eigenvalue weighted by Gasteiger charge is 2.15. The molecule has 0 aliphatic rings. The van der Waals surface area contributed by atoms with Crippen molar-refractivity contribution in [3.8, 4) is 0 Å². The van der Waals surface area contributed by atoms with Gasteiger partial charge in [0, 0.05) is 31.4 Å². The first-order valence-electron chi connectivity index (χ1n) is 7.97. The minimum Gasteiger partial charge on any atom is -1.00 e. The van der Waals surface area contributed by atoms with E-state index in [0.29, 0.717) is 26.2 Å². The van der Waals surface area contributed by atoms with Crippen LogP contribution in [0.15, 0.2) is 18.7 Å². The zero-order valence-corrected chi connectivity index (χ0v) is 17.0. The maximum Gasteiger partial charge on any atom is 0.243 e. The molecule has 3 atom stereocenters. The first-order valence-corrected chi connectivity index (χ1v) is 9.58. The number of aliphatic hydroxyl groups excluding tert-OH is 3. The molecule has 0 saturated heterocycles. The zero-order chi connectivity index (χ0) is 17.9. The van der Waals surface area contributed by atoms with Crippen LogP contribution in [0.25, 0.3) is 0 Å². The number of hydrogen-bond acceptors (Lipinski definition) is 4. The highest BCUT2D eigenvalue weighted by Crippen LogP contribution is 2.02.